The standard InChI is InChI=1S/La.Mg.4Nb.4H2O.8O.Pb.4H/h;;;;;;4*1H2;;;;;;;;;;;;;/q;+2;4*+1;;;;;;;;;;;;;;;;2*-1/p-4. The van der Waals surface area contributed by atoms with Crippen molar-refractivity contribution >= 4 is 50.4 Å². The molecule has 0 saturated carbocycles. The van der Waals surface area contributed by atoms with Gasteiger partial charge in [-0.1, -0.05) is 0 Å². The summed E-state index contributed by atoms with van der Waals surface area (Å²) in [6.45, 7) is 0. The first kappa shape index (κ1) is 43.5. The van der Waals surface area contributed by atoms with Crippen LogP contribution in [0.1, 0.15) is 2.85 Å². The molecule has 0 aromatic rings. The Kier molecular flexibility index (Phi) is 86.9. The summed E-state index contributed by atoms with van der Waals surface area (Å²) in [5, 5.41) is 0. The van der Waals surface area contributed by atoms with E-state index in [2.05, 4.69) is 0 Å². The van der Waals surface area contributed by atoms with Crippen molar-refractivity contribution < 1.29 is 154 Å². The SMILES string of the molecule is [H-].[H-].[La].[Mg+2].[O]=[Nb](=[O])[OH].[O]=[Nb](=[O])[OH].[O]=[Nb](=[O])[OH].[O]=[Nb](=[O])[OH].[PbH2]. The zero-order valence-electron chi connectivity index (χ0n) is 10.8. The van der Waals surface area contributed by atoms with E-state index in [9.17, 15) is 0 Å². The molecular formula is H8LaMgNb4O12Pb. The molecule has 0 aromatic heterocycles. The number of rotatable bonds is 0. The van der Waals surface area contributed by atoms with Crippen LogP contribution in [0.4, 0.5) is 0 Å². The molecule has 19 heteroatoms. The first-order valence-corrected chi connectivity index (χ1v) is 13.4. The second-order valence-corrected chi connectivity index (χ2v) is 5.63. The van der Waals surface area contributed by atoms with Crippen LogP contribution in [0.5, 0.6) is 0 Å². The van der Waals surface area contributed by atoms with Crippen LogP contribution in [0, 0.1) is 35.6 Å². The molecule has 0 unspecified atom stereocenters. The predicted molar refractivity (Wildman–Crippen MR) is 30.9 cm³/mol. The molecule has 3 radical (unpaired) electrons. The minimum absolute atomic E-state index is 0. The molecule has 4 N–H and O–H groups in total. The van der Waals surface area contributed by atoms with Crippen LogP contribution < -0.4 is 0 Å². The summed E-state index contributed by atoms with van der Waals surface area (Å²) in [6.07, 6.45) is 0. The fraction of sp³-hybridized carbons (Fsp3) is 0. The minimum atomic E-state index is -3.95. The zero-order valence-corrected chi connectivity index (χ0v) is 28.2. The van der Waals surface area contributed by atoms with Crippen molar-refractivity contribution in [3.8, 4) is 0 Å². The van der Waals surface area contributed by atoms with Gasteiger partial charge in [0.2, 0.25) is 0 Å². The van der Waals surface area contributed by atoms with Crippen molar-refractivity contribution in [2.24, 2.45) is 0 Å². The number of hydrogen-bond acceptors (Lipinski definition) is 8. The van der Waals surface area contributed by atoms with Gasteiger partial charge in [-0.15, -0.1) is 0 Å². The van der Waals surface area contributed by atoms with Gasteiger partial charge in [0.25, 0.3) is 0 Å². The van der Waals surface area contributed by atoms with E-state index >= 15 is 0 Å². The second kappa shape index (κ2) is 37.9. The van der Waals surface area contributed by atoms with Gasteiger partial charge >= 0.3 is 166 Å². The molecule has 12 nitrogen and oxygen atoms in total. The van der Waals surface area contributed by atoms with E-state index in [4.69, 9.17) is 40.5 Å². The van der Waals surface area contributed by atoms with Crippen LogP contribution in [0.2, 0.25) is 0 Å². The third-order valence-electron chi connectivity index (χ3n) is 0. The van der Waals surface area contributed by atoms with E-state index in [1.54, 1.807) is 0 Å². The van der Waals surface area contributed by atoms with Gasteiger partial charge in [-0.25, -0.2) is 0 Å². The topological polar surface area (TPSA) is 217 Å². The quantitative estimate of drug-likeness (QED) is 0.170. The number of hydrogen-bond donors (Lipinski definition) is 4. The Morgan fingerprint density at radius 2 is 0.526 bits per heavy atom. The molecule has 0 aliphatic rings. The van der Waals surface area contributed by atoms with Crippen molar-refractivity contribution in [3.63, 3.8) is 0 Å². The maximum absolute atomic E-state index is 8.71. The van der Waals surface area contributed by atoms with E-state index in [1.807, 2.05) is 0 Å². The molecule has 19 heavy (non-hydrogen) atoms. The Labute approximate surface area is 200 Å². The van der Waals surface area contributed by atoms with Gasteiger partial charge in [-0.05, 0) is 0 Å². The molecule has 0 atom stereocenters. The third kappa shape index (κ3) is 534. The van der Waals surface area contributed by atoms with Crippen LogP contribution in [-0.2, 0) is 101 Å². The molecular weight excluding hydrogens is 934 g/mol. The molecule has 0 amide bonds. The van der Waals surface area contributed by atoms with Crippen molar-refractivity contribution in [2.45, 2.75) is 0 Å². The van der Waals surface area contributed by atoms with Crippen molar-refractivity contribution in [3.05, 3.63) is 0 Å². The maximum atomic E-state index is 8.71. The summed E-state index contributed by atoms with van der Waals surface area (Å²) in [7, 11) is 0. The molecule has 0 fully saturated rings. The zero-order chi connectivity index (χ0) is 14.3. The van der Waals surface area contributed by atoms with Gasteiger partial charge < -0.3 is 2.85 Å². The normalized spacial score (nSPS) is 5.26. The molecule has 0 heterocycles. The van der Waals surface area contributed by atoms with E-state index < -0.39 is 75.1 Å². The Balaban J connectivity index is -0.0000000121. The Hall–Kier alpha value is 4.08. The van der Waals surface area contributed by atoms with Crippen LogP contribution in [0.15, 0.2) is 0 Å². The van der Waals surface area contributed by atoms with E-state index in [0.29, 0.717) is 0 Å². The van der Waals surface area contributed by atoms with Crippen molar-refractivity contribution in [2.75, 3.05) is 0 Å². The third-order valence-corrected chi connectivity index (χ3v) is 0. The van der Waals surface area contributed by atoms with Gasteiger partial charge in [0.05, 0.1) is 0 Å². The summed E-state index contributed by atoms with van der Waals surface area (Å²) in [5.74, 6) is 0. The van der Waals surface area contributed by atoms with Gasteiger partial charge in [-0.2, -0.15) is 0 Å². The van der Waals surface area contributed by atoms with E-state index in [0.717, 1.165) is 0 Å². The summed E-state index contributed by atoms with van der Waals surface area (Å²) in [6, 6.07) is 0. The monoisotopic (exact) mass is 942 g/mol. The van der Waals surface area contributed by atoms with Gasteiger partial charge in [-0.3, -0.25) is 0 Å². The van der Waals surface area contributed by atoms with Crippen LogP contribution in [0.25, 0.3) is 0 Å². The van der Waals surface area contributed by atoms with Crippen molar-refractivity contribution in [1.29, 1.82) is 0 Å². The molecule has 0 rings (SSSR count). The fourth-order valence-electron chi connectivity index (χ4n) is 0. The van der Waals surface area contributed by atoms with Crippen molar-refractivity contribution in [1.82, 2.24) is 0 Å². The molecule has 0 bridgehead atoms. The van der Waals surface area contributed by atoms with Gasteiger partial charge in [0.1, 0.15) is 0 Å². The second-order valence-electron chi connectivity index (χ2n) is 0.951. The summed E-state index contributed by atoms with van der Waals surface area (Å²) in [5.41, 5.74) is 0. The molecule has 0 aromatic carbocycles. The van der Waals surface area contributed by atoms with Gasteiger partial charge in [0.15, 0.2) is 0 Å². The van der Waals surface area contributed by atoms with Crippen LogP contribution in [-0.4, -0.2) is 64.8 Å². The van der Waals surface area contributed by atoms with E-state index in [-0.39, 0.29) is 88.8 Å². The molecule has 0 aliphatic carbocycles. The summed E-state index contributed by atoms with van der Waals surface area (Å²) in [4.78, 5) is 0. The average molecular weight is 942 g/mol. The van der Waals surface area contributed by atoms with E-state index in [1.165, 1.54) is 0 Å². The first-order valence-electron chi connectivity index (χ1n) is 2.26. The first-order chi connectivity index (χ1) is 6.93. The Bertz CT molecular complexity index is 313. The predicted octanol–water partition coefficient (Wildman–Crippen LogP) is -4.26. The summed E-state index contributed by atoms with van der Waals surface area (Å²) >= 11 is -15.8. The molecule has 0 spiro atoms. The van der Waals surface area contributed by atoms with Gasteiger partial charge in [0, 0.05) is 35.6 Å². The Morgan fingerprint density at radius 3 is 0.526 bits per heavy atom. The van der Waals surface area contributed by atoms with Crippen LogP contribution in [0.3, 0.4) is 0 Å². The fourth-order valence-corrected chi connectivity index (χ4v) is 0. The average Bonchev–Trinajstić information content (AvgIpc) is 1.76. The molecule has 109 valence electrons. The Morgan fingerprint density at radius 1 is 0.526 bits per heavy atom. The molecule has 0 aliphatic heterocycles. The molecule has 0 saturated heterocycles. The van der Waals surface area contributed by atoms with Crippen LogP contribution >= 0.6 is 0 Å². The summed E-state index contributed by atoms with van der Waals surface area (Å²) < 4.78 is 98.2.